The number of rotatable bonds is 1. The van der Waals surface area contributed by atoms with Gasteiger partial charge in [-0.3, -0.25) is 0 Å². The van der Waals surface area contributed by atoms with Gasteiger partial charge in [-0.2, -0.15) is 0 Å². The molecule has 0 fully saturated rings. The first-order valence-electron chi connectivity index (χ1n) is 5.14. The van der Waals surface area contributed by atoms with Crippen LogP contribution in [0.15, 0.2) is 36.0 Å². The molecule has 2 aromatic rings. The van der Waals surface area contributed by atoms with Crippen molar-refractivity contribution in [1.29, 1.82) is 0 Å². The minimum atomic E-state index is 0.597. The van der Waals surface area contributed by atoms with Crippen molar-refractivity contribution in [3.8, 4) is 0 Å². The zero-order valence-electron chi connectivity index (χ0n) is 8.02. The summed E-state index contributed by atoms with van der Waals surface area (Å²) in [6, 6.07) is 7.12. The van der Waals surface area contributed by atoms with Crippen LogP contribution in [-0.4, -0.2) is 4.57 Å². The molecule has 14 heavy (non-hydrogen) atoms. The van der Waals surface area contributed by atoms with Gasteiger partial charge < -0.3 is 4.57 Å². The molecule has 0 aliphatic heterocycles. The van der Waals surface area contributed by atoms with Crippen molar-refractivity contribution in [3.05, 3.63) is 46.4 Å². The van der Waals surface area contributed by atoms with E-state index in [0.717, 1.165) is 0 Å². The van der Waals surface area contributed by atoms with E-state index < -0.39 is 0 Å². The van der Waals surface area contributed by atoms with Crippen LogP contribution in [0.2, 0.25) is 0 Å². The summed E-state index contributed by atoms with van der Waals surface area (Å²) in [5, 5.41) is 2.23. The van der Waals surface area contributed by atoms with E-state index in [9.17, 15) is 0 Å². The van der Waals surface area contributed by atoms with Crippen molar-refractivity contribution in [1.82, 2.24) is 4.57 Å². The van der Waals surface area contributed by atoms with E-state index >= 15 is 0 Å². The first kappa shape index (κ1) is 8.30. The normalized spacial score (nSPS) is 20.7. The SMILES string of the molecule is c1ccn(C2CCCc3sccc32)c1. The zero-order chi connectivity index (χ0) is 9.38. The van der Waals surface area contributed by atoms with Crippen LogP contribution in [0.4, 0.5) is 0 Å². The number of aromatic nitrogens is 1. The predicted octanol–water partition coefficient (Wildman–Crippen LogP) is 3.48. The third kappa shape index (κ3) is 1.22. The molecule has 0 radical (unpaired) electrons. The summed E-state index contributed by atoms with van der Waals surface area (Å²) < 4.78 is 2.34. The van der Waals surface area contributed by atoms with Crippen molar-refractivity contribution in [2.45, 2.75) is 25.3 Å². The molecule has 1 unspecified atom stereocenters. The van der Waals surface area contributed by atoms with Crippen molar-refractivity contribution < 1.29 is 0 Å². The van der Waals surface area contributed by atoms with Gasteiger partial charge in [-0.25, -0.2) is 0 Å². The quantitative estimate of drug-likeness (QED) is 0.668. The smallest absolute Gasteiger partial charge is 0.0591 e. The number of thiophene rings is 1. The van der Waals surface area contributed by atoms with Crippen LogP contribution in [0.1, 0.15) is 29.3 Å². The molecule has 0 N–H and O–H groups in total. The Bertz CT molecular complexity index is 413. The molecular formula is C12H13NS. The fourth-order valence-electron chi connectivity index (χ4n) is 2.33. The van der Waals surface area contributed by atoms with E-state index in [1.165, 1.54) is 19.3 Å². The van der Waals surface area contributed by atoms with E-state index in [-0.39, 0.29) is 0 Å². The molecule has 3 rings (SSSR count). The van der Waals surface area contributed by atoms with Crippen LogP contribution < -0.4 is 0 Å². The van der Waals surface area contributed by atoms with Gasteiger partial charge >= 0.3 is 0 Å². The second-order valence-corrected chi connectivity index (χ2v) is 4.84. The Balaban J connectivity index is 2.04. The highest BCUT2D eigenvalue weighted by Crippen LogP contribution is 2.35. The molecule has 0 spiro atoms. The summed E-state index contributed by atoms with van der Waals surface area (Å²) in [4.78, 5) is 1.59. The Morgan fingerprint density at radius 2 is 2.14 bits per heavy atom. The van der Waals surface area contributed by atoms with E-state index in [1.807, 2.05) is 11.3 Å². The van der Waals surface area contributed by atoms with E-state index in [0.29, 0.717) is 6.04 Å². The second-order valence-electron chi connectivity index (χ2n) is 3.84. The molecule has 1 aliphatic carbocycles. The molecule has 2 aromatic heterocycles. The monoisotopic (exact) mass is 203 g/mol. The average Bonchev–Trinajstić information content (AvgIpc) is 2.88. The number of aryl methyl sites for hydroxylation is 1. The lowest BCUT2D eigenvalue weighted by Gasteiger charge is -2.24. The van der Waals surface area contributed by atoms with E-state index in [1.54, 1.807) is 10.4 Å². The lowest BCUT2D eigenvalue weighted by molar-refractivity contribution is 0.496. The van der Waals surface area contributed by atoms with Crippen LogP contribution in [-0.2, 0) is 6.42 Å². The zero-order valence-corrected chi connectivity index (χ0v) is 8.83. The lowest BCUT2D eigenvalue weighted by atomic mass is 9.94. The van der Waals surface area contributed by atoms with E-state index in [4.69, 9.17) is 0 Å². The Morgan fingerprint density at radius 1 is 1.29 bits per heavy atom. The van der Waals surface area contributed by atoms with Gasteiger partial charge in [-0.15, -0.1) is 11.3 Å². The Hall–Kier alpha value is -1.02. The summed E-state index contributed by atoms with van der Waals surface area (Å²) in [5.74, 6) is 0. The molecule has 1 atom stereocenters. The van der Waals surface area contributed by atoms with Gasteiger partial charge in [0.15, 0.2) is 0 Å². The number of hydrogen-bond donors (Lipinski definition) is 0. The molecular weight excluding hydrogens is 190 g/mol. The molecule has 0 bridgehead atoms. The fraction of sp³-hybridized carbons (Fsp3) is 0.333. The Morgan fingerprint density at radius 3 is 3.00 bits per heavy atom. The molecule has 72 valence electrons. The van der Waals surface area contributed by atoms with Gasteiger partial charge in [0, 0.05) is 17.3 Å². The summed E-state index contributed by atoms with van der Waals surface area (Å²) in [6.07, 6.45) is 8.26. The molecule has 0 aromatic carbocycles. The van der Waals surface area contributed by atoms with Crippen molar-refractivity contribution >= 4 is 11.3 Å². The third-order valence-corrected chi connectivity index (χ3v) is 4.00. The predicted molar refractivity (Wildman–Crippen MR) is 59.8 cm³/mol. The van der Waals surface area contributed by atoms with Gasteiger partial charge in [-0.1, -0.05) is 0 Å². The minimum Gasteiger partial charge on any atom is -0.347 e. The molecule has 0 saturated heterocycles. The number of hydrogen-bond acceptors (Lipinski definition) is 1. The molecule has 2 heteroatoms. The average molecular weight is 203 g/mol. The van der Waals surface area contributed by atoms with Crippen molar-refractivity contribution in [2.24, 2.45) is 0 Å². The topological polar surface area (TPSA) is 4.93 Å². The Labute approximate surface area is 88.0 Å². The third-order valence-electron chi connectivity index (χ3n) is 3.01. The lowest BCUT2D eigenvalue weighted by Crippen LogP contribution is -2.13. The van der Waals surface area contributed by atoms with Gasteiger partial charge in [0.05, 0.1) is 6.04 Å². The summed E-state index contributed by atoms with van der Waals surface area (Å²) >= 11 is 1.91. The molecule has 1 aliphatic rings. The molecule has 1 nitrogen and oxygen atoms in total. The van der Waals surface area contributed by atoms with Crippen LogP contribution in [0, 0.1) is 0 Å². The highest BCUT2D eigenvalue weighted by molar-refractivity contribution is 7.10. The Kier molecular flexibility index (Phi) is 1.95. The van der Waals surface area contributed by atoms with Gasteiger partial charge in [0.1, 0.15) is 0 Å². The number of nitrogens with zero attached hydrogens (tertiary/aromatic N) is 1. The molecule has 0 saturated carbocycles. The first-order chi connectivity index (χ1) is 6.95. The maximum absolute atomic E-state index is 2.34. The van der Waals surface area contributed by atoms with E-state index in [2.05, 4.69) is 40.5 Å². The minimum absolute atomic E-state index is 0.597. The summed E-state index contributed by atoms with van der Waals surface area (Å²) in [6.45, 7) is 0. The first-order valence-corrected chi connectivity index (χ1v) is 6.02. The van der Waals surface area contributed by atoms with Gasteiger partial charge in [0.25, 0.3) is 0 Å². The highest BCUT2D eigenvalue weighted by Gasteiger charge is 2.21. The standard InChI is InChI=1S/C12H13NS/c1-2-8-13(7-1)11-4-3-5-12-10(11)6-9-14-12/h1-2,6-9,11H,3-5H2. The maximum Gasteiger partial charge on any atom is 0.0591 e. The number of fused-ring (bicyclic) bond motifs is 1. The molecule has 2 heterocycles. The van der Waals surface area contributed by atoms with Crippen molar-refractivity contribution in [2.75, 3.05) is 0 Å². The molecule has 0 amide bonds. The largest absolute Gasteiger partial charge is 0.347 e. The fourth-order valence-corrected chi connectivity index (χ4v) is 3.31. The van der Waals surface area contributed by atoms with Gasteiger partial charge in [0.2, 0.25) is 0 Å². The van der Waals surface area contributed by atoms with Gasteiger partial charge in [-0.05, 0) is 48.4 Å². The van der Waals surface area contributed by atoms with Crippen LogP contribution in [0.5, 0.6) is 0 Å². The summed E-state index contributed by atoms with van der Waals surface area (Å²) in [7, 11) is 0. The van der Waals surface area contributed by atoms with Crippen molar-refractivity contribution in [3.63, 3.8) is 0 Å². The van der Waals surface area contributed by atoms with Crippen LogP contribution in [0.3, 0.4) is 0 Å². The highest BCUT2D eigenvalue weighted by atomic mass is 32.1. The maximum atomic E-state index is 2.34. The second kappa shape index (κ2) is 3.28. The van der Waals surface area contributed by atoms with Crippen LogP contribution in [0.25, 0.3) is 0 Å². The van der Waals surface area contributed by atoms with Crippen LogP contribution >= 0.6 is 11.3 Å². The summed E-state index contributed by atoms with van der Waals surface area (Å²) in [5.41, 5.74) is 1.55.